The molecule has 2 aromatic rings. The van der Waals surface area contributed by atoms with Gasteiger partial charge in [0.25, 0.3) is 0 Å². The van der Waals surface area contributed by atoms with Gasteiger partial charge in [-0.3, -0.25) is 14.7 Å². The molecule has 2 N–H and O–H groups in total. The van der Waals surface area contributed by atoms with Gasteiger partial charge in [0, 0.05) is 24.9 Å². The van der Waals surface area contributed by atoms with Crippen LogP contribution in [0, 0.1) is 6.92 Å². The van der Waals surface area contributed by atoms with E-state index >= 15 is 0 Å². The Balaban J connectivity index is 1.78. The van der Waals surface area contributed by atoms with Crippen molar-refractivity contribution in [1.82, 2.24) is 14.9 Å². The smallest absolute Gasteiger partial charge is 0.241 e. The van der Waals surface area contributed by atoms with E-state index in [0.717, 1.165) is 37.4 Å². The third kappa shape index (κ3) is 4.08. The molecule has 1 saturated heterocycles. The number of aryl methyl sites for hydroxylation is 1. The van der Waals surface area contributed by atoms with Crippen LogP contribution in [0.2, 0.25) is 0 Å². The fraction of sp³-hybridized carbons (Fsp3) is 0.389. The van der Waals surface area contributed by atoms with E-state index in [0.29, 0.717) is 5.88 Å². The number of hydrogen-bond acceptors (Lipinski definition) is 5. The van der Waals surface area contributed by atoms with Crippen LogP contribution in [0.5, 0.6) is 11.6 Å². The van der Waals surface area contributed by atoms with Gasteiger partial charge in [-0.25, -0.2) is 4.98 Å². The monoisotopic (exact) mass is 326 g/mol. The number of ether oxygens (including phenoxy) is 1. The summed E-state index contributed by atoms with van der Waals surface area (Å²) < 4.78 is 5.95. The highest BCUT2D eigenvalue weighted by atomic mass is 16.5. The number of carbonyl (C=O) groups excluding carboxylic acids is 1. The summed E-state index contributed by atoms with van der Waals surface area (Å²) in [6.45, 7) is 3.94. The van der Waals surface area contributed by atoms with Crippen LogP contribution in [0.3, 0.4) is 0 Å². The highest BCUT2D eigenvalue weighted by molar-refractivity contribution is 5.75. The molecule has 3 rings (SSSR count). The standard InChI is InChI=1S/C18H22N4O2/c1-13-4-6-15(7-5-13)24-18-17(20-8-9-21-18)14-3-2-10-22(11-14)12-16(19)23/h4-9,14H,2-3,10-12H2,1H3,(H2,19,23). The van der Waals surface area contributed by atoms with Gasteiger partial charge >= 0.3 is 0 Å². The van der Waals surface area contributed by atoms with Crippen molar-refractivity contribution in [3.8, 4) is 11.6 Å². The molecule has 6 heteroatoms. The van der Waals surface area contributed by atoms with Crippen molar-refractivity contribution < 1.29 is 9.53 Å². The molecule has 126 valence electrons. The lowest BCUT2D eigenvalue weighted by atomic mass is 9.94. The van der Waals surface area contributed by atoms with Crippen LogP contribution in [0.15, 0.2) is 36.7 Å². The van der Waals surface area contributed by atoms with Gasteiger partial charge in [0.05, 0.1) is 6.54 Å². The van der Waals surface area contributed by atoms with Gasteiger partial charge in [0.1, 0.15) is 11.4 Å². The van der Waals surface area contributed by atoms with E-state index in [2.05, 4.69) is 14.9 Å². The maximum absolute atomic E-state index is 11.2. The maximum Gasteiger partial charge on any atom is 0.241 e. The number of aromatic nitrogens is 2. The topological polar surface area (TPSA) is 81.3 Å². The van der Waals surface area contributed by atoms with Gasteiger partial charge < -0.3 is 10.5 Å². The molecule has 1 aliphatic heterocycles. The highest BCUT2D eigenvalue weighted by Gasteiger charge is 2.26. The normalized spacial score (nSPS) is 18.3. The Bertz CT molecular complexity index is 702. The second-order valence-corrected chi connectivity index (χ2v) is 6.20. The van der Waals surface area contributed by atoms with Crippen LogP contribution < -0.4 is 10.5 Å². The SMILES string of the molecule is Cc1ccc(Oc2nccnc2C2CCCN(CC(N)=O)C2)cc1. The number of benzene rings is 1. The van der Waals surface area contributed by atoms with Crippen molar-refractivity contribution in [2.75, 3.05) is 19.6 Å². The number of nitrogens with zero attached hydrogens (tertiary/aromatic N) is 3. The number of likely N-dealkylation sites (tertiary alicyclic amines) is 1. The summed E-state index contributed by atoms with van der Waals surface area (Å²) in [5, 5.41) is 0. The van der Waals surface area contributed by atoms with Crippen LogP contribution >= 0.6 is 0 Å². The van der Waals surface area contributed by atoms with Gasteiger partial charge in [-0.05, 0) is 38.4 Å². The van der Waals surface area contributed by atoms with E-state index in [1.165, 1.54) is 5.56 Å². The summed E-state index contributed by atoms with van der Waals surface area (Å²) in [5.74, 6) is 1.16. The average Bonchev–Trinajstić information content (AvgIpc) is 2.57. The third-order valence-corrected chi connectivity index (χ3v) is 4.20. The van der Waals surface area contributed by atoms with Crippen LogP contribution in [0.25, 0.3) is 0 Å². The predicted octanol–water partition coefficient (Wildman–Crippen LogP) is 2.24. The van der Waals surface area contributed by atoms with Gasteiger partial charge in [0.15, 0.2) is 0 Å². The zero-order valence-corrected chi connectivity index (χ0v) is 13.8. The van der Waals surface area contributed by atoms with Crippen molar-refractivity contribution in [3.05, 3.63) is 47.9 Å². The number of carbonyl (C=O) groups is 1. The van der Waals surface area contributed by atoms with Gasteiger partial charge in [-0.2, -0.15) is 0 Å². The van der Waals surface area contributed by atoms with Gasteiger partial charge in [0.2, 0.25) is 11.8 Å². The molecule has 0 bridgehead atoms. The molecule has 6 nitrogen and oxygen atoms in total. The number of nitrogens with two attached hydrogens (primary N) is 1. The van der Waals surface area contributed by atoms with Gasteiger partial charge in [-0.15, -0.1) is 0 Å². The molecular formula is C18H22N4O2. The lowest BCUT2D eigenvalue weighted by Gasteiger charge is -2.31. The van der Waals surface area contributed by atoms with Crippen LogP contribution in [0.1, 0.15) is 30.0 Å². The van der Waals surface area contributed by atoms with Crippen LogP contribution in [-0.4, -0.2) is 40.4 Å². The molecule has 1 unspecified atom stereocenters. The fourth-order valence-electron chi connectivity index (χ4n) is 3.06. The van der Waals surface area contributed by atoms with Crippen LogP contribution in [0.4, 0.5) is 0 Å². The quantitative estimate of drug-likeness (QED) is 0.911. The largest absolute Gasteiger partial charge is 0.437 e. The molecule has 0 saturated carbocycles. The second-order valence-electron chi connectivity index (χ2n) is 6.20. The summed E-state index contributed by atoms with van der Waals surface area (Å²) >= 11 is 0. The molecule has 24 heavy (non-hydrogen) atoms. The molecule has 2 heterocycles. The number of primary amides is 1. The lowest BCUT2D eigenvalue weighted by molar-refractivity contribution is -0.119. The van der Waals surface area contributed by atoms with E-state index in [1.807, 2.05) is 31.2 Å². The molecule has 1 amide bonds. The van der Waals surface area contributed by atoms with Crippen molar-refractivity contribution in [2.24, 2.45) is 5.73 Å². The minimum atomic E-state index is -0.300. The Morgan fingerprint density at radius 3 is 2.79 bits per heavy atom. The molecule has 1 aromatic heterocycles. The first-order valence-electron chi connectivity index (χ1n) is 8.18. The summed E-state index contributed by atoms with van der Waals surface area (Å²) in [7, 11) is 0. The number of piperidine rings is 1. The summed E-state index contributed by atoms with van der Waals surface area (Å²) in [6, 6.07) is 7.85. The average molecular weight is 326 g/mol. The molecule has 0 aliphatic carbocycles. The van der Waals surface area contributed by atoms with Crippen molar-refractivity contribution >= 4 is 5.91 Å². The molecule has 1 atom stereocenters. The Morgan fingerprint density at radius 1 is 1.29 bits per heavy atom. The summed E-state index contributed by atoms with van der Waals surface area (Å²) in [6.07, 6.45) is 5.32. The van der Waals surface area contributed by atoms with E-state index in [-0.39, 0.29) is 18.4 Å². The Morgan fingerprint density at radius 2 is 2.04 bits per heavy atom. The van der Waals surface area contributed by atoms with Crippen molar-refractivity contribution in [3.63, 3.8) is 0 Å². The van der Waals surface area contributed by atoms with Crippen molar-refractivity contribution in [1.29, 1.82) is 0 Å². The minimum absolute atomic E-state index is 0.187. The number of hydrogen-bond donors (Lipinski definition) is 1. The van der Waals surface area contributed by atoms with E-state index < -0.39 is 0 Å². The molecule has 0 spiro atoms. The molecular weight excluding hydrogens is 304 g/mol. The first kappa shape index (κ1) is 16.4. The summed E-state index contributed by atoms with van der Waals surface area (Å²) in [4.78, 5) is 22.1. The first-order chi connectivity index (χ1) is 11.6. The molecule has 1 aromatic carbocycles. The van der Waals surface area contributed by atoms with Crippen LogP contribution in [-0.2, 0) is 4.79 Å². The molecule has 1 aliphatic rings. The predicted molar refractivity (Wildman–Crippen MR) is 90.9 cm³/mol. The van der Waals surface area contributed by atoms with E-state index in [9.17, 15) is 4.79 Å². The number of rotatable bonds is 5. The van der Waals surface area contributed by atoms with Crippen molar-refractivity contribution in [2.45, 2.75) is 25.7 Å². The minimum Gasteiger partial charge on any atom is -0.437 e. The lowest BCUT2D eigenvalue weighted by Crippen LogP contribution is -2.40. The number of amides is 1. The van der Waals surface area contributed by atoms with E-state index in [4.69, 9.17) is 10.5 Å². The second kappa shape index (κ2) is 7.40. The zero-order chi connectivity index (χ0) is 16.9. The zero-order valence-electron chi connectivity index (χ0n) is 13.8. The maximum atomic E-state index is 11.2. The third-order valence-electron chi connectivity index (χ3n) is 4.20. The summed E-state index contributed by atoms with van der Waals surface area (Å²) in [5.41, 5.74) is 7.34. The Labute approximate surface area is 141 Å². The Kier molecular flexibility index (Phi) is 5.05. The van der Waals surface area contributed by atoms with E-state index in [1.54, 1.807) is 12.4 Å². The highest BCUT2D eigenvalue weighted by Crippen LogP contribution is 2.32. The molecule has 0 radical (unpaired) electrons. The Hall–Kier alpha value is -2.47. The fourth-order valence-corrected chi connectivity index (χ4v) is 3.06. The molecule has 1 fully saturated rings. The van der Waals surface area contributed by atoms with Gasteiger partial charge in [-0.1, -0.05) is 17.7 Å². The first-order valence-corrected chi connectivity index (χ1v) is 8.18.